The molecule has 132 valence electrons. The molecule has 1 fully saturated rings. The van der Waals surface area contributed by atoms with Crippen LogP contribution in [0.15, 0.2) is 29.1 Å². The average Bonchev–Trinajstić information content (AvgIpc) is 2.61. The Morgan fingerprint density at radius 2 is 2.04 bits per heavy atom. The van der Waals surface area contributed by atoms with Gasteiger partial charge >= 0.3 is 0 Å². The Balaban J connectivity index is 1.47. The Bertz CT molecular complexity index is 820. The van der Waals surface area contributed by atoms with Gasteiger partial charge in [0.05, 0.1) is 6.61 Å². The van der Waals surface area contributed by atoms with E-state index in [4.69, 9.17) is 14.2 Å². The third-order valence-corrected chi connectivity index (χ3v) is 4.36. The number of H-pyrrole nitrogens is 1. The number of morpholine rings is 1. The average molecular weight is 343 g/mol. The molecule has 0 unspecified atom stereocenters. The fourth-order valence-corrected chi connectivity index (χ4v) is 3.21. The van der Waals surface area contributed by atoms with Gasteiger partial charge in [-0.25, -0.2) is 4.98 Å². The van der Waals surface area contributed by atoms with Crippen LogP contribution < -0.4 is 15.0 Å². The number of fused-ring (bicyclic) bond motifs is 1. The van der Waals surface area contributed by atoms with Crippen molar-refractivity contribution in [2.75, 3.05) is 32.9 Å². The van der Waals surface area contributed by atoms with Gasteiger partial charge in [-0.1, -0.05) is 6.07 Å². The summed E-state index contributed by atoms with van der Waals surface area (Å²) in [5.41, 5.74) is 1.72. The van der Waals surface area contributed by atoms with Crippen LogP contribution in [0, 0.1) is 6.92 Å². The van der Waals surface area contributed by atoms with E-state index in [1.165, 1.54) is 6.07 Å². The van der Waals surface area contributed by atoms with Crippen LogP contribution in [0.25, 0.3) is 0 Å². The van der Waals surface area contributed by atoms with Crippen LogP contribution in [0.3, 0.4) is 0 Å². The van der Waals surface area contributed by atoms with E-state index in [2.05, 4.69) is 20.9 Å². The number of nitrogens with zero attached hydrogens (tertiary/aromatic N) is 2. The second-order valence-corrected chi connectivity index (χ2v) is 6.34. The van der Waals surface area contributed by atoms with Gasteiger partial charge in [-0.2, -0.15) is 0 Å². The number of hydrogen-bond acceptors (Lipinski definition) is 6. The van der Waals surface area contributed by atoms with E-state index in [1.54, 1.807) is 0 Å². The van der Waals surface area contributed by atoms with Gasteiger partial charge in [0.2, 0.25) is 0 Å². The lowest BCUT2D eigenvalue weighted by atomic mass is 10.1. The predicted molar refractivity (Wildman–Crippen MR) is 91.0 cm³/mol. The molecule has 1 aromatic carbocycles. The largest absolute Gasteiger partial charge is 0.486 e. The molecule has 25 heavy (non-hydrogen) atoms. The highest BCUT2D eigenvalue weighted by molar-refractivity contribution is 5.43. The summed E-state index contributed by atoms with van der Waals surface area (Å²) in [6.45, 7) is 5.90. The van der Waals surface area contributed by atoms with Gasteiger partial charge in [0.1, 0.15) is 25.1 Å². The summed E-state index contributed by atoms with van der Waals surface area (Å²) in [7, 11) is 0. The van der Waals surface area contributed by atoms with Gasteiger partial charge < -0.3 is 19.2 Å². The van der Waals surface area contributed by atoms with E-state index in [0.717, 1.165) is 30.2 Å². The molecule has 0 bridgehead atoms. The number of aromatic amines is 1. The Morgan fingerprint density at radius 1 is 1.20 bits per heavy atom. The van der Waals surface area contributed by atoms with Crippen LogP contribution in [0.5, 0.6) is 11.5 Å². The van der Waals surface area contributed by atoms with E-state index >= 15 is 0 Å². The highest BCUT2D eigenvalue weighted by Crippen LogP contribution is 2.31. The van der Waals surface area contributed by atoms with E-state index in [-0.39, 0.29) is 11.7 Å². The van der Waals surface area contributed by atoms with E-state index in [9.17, 15) is 4.79 Å². The van der Waals surface area contributed by atoms with Crippen molar-refractivity contribution in [2.45, 2.75) is 19.6 Å². The van der Waals surface area contributed by atoms with E-state index in [0.29, 0.717) is 37.9 Å². The molecule has 7 heteroatoms. The smallest absolute Gasteiger partial charge is 0.251 e. The minimum absolute atomic E-state index is 0.143. The van der Waals surface area contributed by atoms with Crippen molar-refractivity contribution in [1.82, 2.24) is 14.9 Å². The van der Waals surface area contributed by atoms with Gasteiger partial charge in [-0.3, -0.25) is 9.69 Å². The van der Waals surface area contributed by atoms with Gasteiger partial charge in [0.25, 0.3) is 5.56 Å². The van der Waals surface area contributed by atoms with E-state index in [1.807, 2.05) is 19.1 Å². The molecule has 0 amide bonds. The molecule has 4 rings (SSSR count). The summed E-state index contributed by atoms with van der Waals surface area (Å²) in [5, 5.41) is 0. The number of rotatable bonds is 3. The maximum atomic E-state index is 11.7. The van der Waals surface area contributed by atoms with Crippen LogP contribution in [-0.2, 0) is 11.3 Å². The molecule has 1 N–H and O–H groups in total. The number of aromatic nitrogens is 2. The number of benzene rings is 1. The molecule has 0 radical (unpaired) electrons. The zero-order valence-electron chi connectivity index (χ0n) is 14.2. The summed E-state index contributed by atoms with van der Waals surface area (Å²) in [5.74, 6) is 2.20. The lowest BCUT2D eigenvalue weighted by Gasteiger charge is -2.32. The second-order valence-electron chi connectivity index (χ2n) is 6.34. The van der Waals surface area contributed by atoms with Crippen molar-refractivity contribution in [3.05, 3.63) is 51.7 Å². The molecule has 7 nitrogen and oxygen atoms in total. The first kappa shape index (κ1) is 16.1. The fourth-order valence-electron chi connectivity index (χ4n) is 3.21. The first-order valence-electron chi connectivity index (χ1n) is 8.48. The quantitative estimate of drug-likeness (QED) is 0.908. The molecule has 1 aromatic heterocycles. The molecule has 1 saturated heterocycles. The summed E-state index contributed by atoms with van der Waals surface area (Å²) in [6, 6.07) is 7.54. The fraction of sp³-hybridized carbons (Fsp3) is 0.444. The first-order valence-corrected chi connectivity index (χ1v) is 8.48. The monoisotopic (exact) mass is 343 g/mol. The molecule has 0 saturated carbocycles. The second kappa shape index (κ2) is 6.85. The Labute approximate surface area is 145 Å². The maximum absolute atomic E-state index is 11.7. The third-order valence-electron chi connectivity index (χ3n) is 4.36. The zero-order valence-corrected chi connectivity index (χ0v) is 14.2. The van der Waals surface area contributed by atoms with Crippen LogP contribution in [0.1, 0.15) is 23.2 Å². The van der Waals surface area contributed by atoms with Crippen molar-refractivity contribution in [2.24, 2.45) is 0 Å². The summed E-state index contributed by atoms with van der Waals surface area (Å²) in [6.07, 6.45) is -0.224. The first-order chi connectivity index (χ1) is 12.2. The van der Waals surface area contributed by atoms with Crippen molar-refractivity contribution in [3.63, 3.8) is 0 Å². The van der Waals surface area contributed by atoms with Gasteiger partial charge in [0.15, 0.2) is 11.5 Å². The number of nitrogens with one attached hydrogen (secondary N) is 1. The molecule has 3 heterocycles. The van der Waals surface area contributed by atoms with Gasteiger partial charge in [-0.15, -0.1) is 0 Å². The van der Waals surface area contributed by atoms with Crippen LogP contribution in [0.4, 0.5) is 0 Å². The summed E-state index contributed by atoms with van der Waals surface area (Å²) in [4.78, 5) is 21.2. The van der Waals surface area contributed by atoms with Crippen LogP contribution in [0.2, 0.25) is 0 Å². The number of hydrogen-bond donors (Lipinski definition) is 1. The highest BCUT2D eigenvalue weighted by Gasteiger charge is 2.24. The Morgan fingerprint density at radius 3 is 2.88 bits per heavy atom. The lowest BCUT2D eigenvalue weighted by Crippen LogP contribution is -2.39. The molecule has 1 atom stereocenters. The summed E-state index contributed by atoms with van der Waals surface area (Å²) < 4.78 is 17.0. The summed E-state index contributed by atoms with van der Waals surface area (Å²) >= 11 is 0. The van der Waals surface area contributed by atoms with Crippen LogP contribution in [-0.4, -0.2) is 47.8 Å². The molecule has 0 spiro atoms. The number of aryl methyl sites for hydroxylation is 1. The SMILES string of the molecule is Cc1cc(=O)[nH]c([C@@H]2CN(Cc3ccc4c(c3)OCCO4)CCO2)n1. The van der Waals surface area contributed by atoms with E-state index < -0.39 is 0 Å². The van der Waals surface area contributed by atoms with Crippen molar-refractivity contribution in [3.8, 4) is 11.5 Å². The predicted octanol–water partition coefficient (Wildman–Crippen LogP) is 1.42. The normalized spacial score (nSPS) is 20.4. The van der Waals surface area contributed by atoms with Gasteiger partial charge in [-0.05, 0) is 24.6 Å². The van der Waals surface area contributed by atoms with Gasteiger partial charge in [0, 0.05) is 31.4 Å². The van der Waals surface area contributed by atoms with Crippen LogP contribution >= 0.6 is 0 Å². The number of ether oxygens (including phenoxy) is 3. The molecule has 2 aliphatic rings. The minimum atomic E-state index is -0.224. The third kappa shape index (κ3) is 3.67. The Hall–Kier alpha value is -2.38. The zero-order chi connectivity index (χ0) is 17.2. The molecule has 2 aliphatic heterocycles. The minimum Gasteiger partial charge on any atom is -0.486 e. The standard InChI is InChI=1S/C18H21N3O4/c1-12-8-17(22)20-18(19-12)16-11-21(4-5-23-16)10-13-2-3-14-15(9-13)25-7-6-24-14/h2-3,8-9,16H,4-7,10-11H2,1H3,(H,19,20,22)/t16-/m0/s1. The molecule has 2 aromatic rings. The molecule has 0 aliphatic carbocycles. The highest BCUT2D eigenvalue weighted by atomic mass is 16.6. The lowest BCUT2D eigenvalue weighted by molar-refractivity contribution is -0.0374. The topological polar surface area (TPSA) is 76.7 Å². The van der Waals surface area contributed by atoms with Crippen molar-refractivity contribution >= 4 is 0 Å². The molecular formula is C18H21N3O4. The Kier molecular flexibility index (Phi) is 4.42. The van der Waals surface area contributed by atoms with Crippen molar-refractivity contribution in [1.29, 1.82) is 0 Å². The molecular weight excluding hydrogens is 322 g/mol. The maximum Gasteiger partial charge on any atom is 0.251 e. The van der Waals surface area contributed by atoms with Crippen molar-refractivity contribution < 1.29 is 14.2 Å².